The molecule has 3 heteroatoms. The minimum Gasteiger partial charge on any atom is -0.454 e. The fourth-order valence-electron chi connectivity index (χ4n) is 6.53. The van der Waals surface area contributed by atoms with Crippen LogP contribution in [-0.2, 0) is 0 Å². The maximum Gasteiger partial charge on any atom is 0.160 e. The lowest BCUT2D eigenvalue weighted by atomic mass is 10.00. The molecule has 0 aliphatic rings. The van der Waals surface area contributed by atoms with Crippen LogP contribution in [0.25, 0.3) is 82.5 Å². The first-order chi connectivity index (χ1) is 19.8. The van der Waals surface area contributed by atoms with Gasteiger partial charge in [-0.3, -0.25) is 0 Å². The zero-order valence-corrected chi connectivity index (χ0v) is 21.8. The fraction of sp³-hybridized carbons (Fsp3) is 0.0270. The Bertz CT molecular complexity index is 2440. The highest BCUT2D eigenvalue weighted by Crippen LogP contribution is 2.44. The molecule has 40 heavy (non-hydrogen) atoms. The van der Waals surface area contributed by atoms with Crippen molar-refractivity contribution in [2.24, 2.45) is 0 Å². The lowest BCUT2D eigenvalue weighted by Crippen LogP contribution is -1.96. The second kappa shape index (κ2) is 7.87. The SMILES string of the molecule is Cc1cccc2oc3c(-n4c5ccccc5c5ccc6c7ccccc7oc6c54)cc(-c4ccccc4)cc3c12. The standard InChI is InChI=1S/C37H23NO2/c1-22-10-9-17-33-34(22)29-20-24(23-11-3-2-4-12-23)21-31(36(29)40-33)38-30-15-7-5-13-25(30)27-18-19-28-26-14-6-8-16-32(26)39-37(28)35(27)38/h2-21H,1H3. The molecule has 0 fully saturated rings. The Morgan fingerprint density at radius 1 is 0.500 bits per heavy atom. The Kier molecular flexibility index (Phi) is 4.26. The number of benzene rings is 6. The van der Waals surface area contributed by atoms with Crippen LogP contribution >= 0.6 is 0 Å². The van der Waals surface area contributed by atoms with E-state index in [0.29, 0.717) is 0 Å². The third kappa shape index (κ3) is 2.84. The van der Waals surface area contributed by atoms with Gasteiger partial charge in [0.25, 0.3) is 0 Å². The van der Waals surface area contributed by atoms with E-state index < -0.39 is 0 Å². The molecule has 0 atom stereocenters. The van der Waals surface area contributed by atoms with E-state index in [1.807, 2.05) is 12.1 Å². The summed E-state index contributed by atoms with van der Waals surface area (Å²) in [6.07, 6.45) is 0. The molecule has 9 aromatic rings. The van der Waals surface area contributed by atoms with Crippen LogP contribution in [0.15, 0.2) is 130 Å². The molecule has 0 unspecified atom stereocenters. The molecule has 0 saturated carbocycles. The van der Waals surface area contributed by atoms with Crippen molar-refractivity contribution in [3.05, 3.63) is 127 Å². The molecule has 188 valence electrons. The smallest absolute Gasteiger partial charge is 0.160 e. The topological polar surface area (TPSA) is 31.2 Å². The molecule has 6 aromatic carbocycles. The highest BCUT2D eigenvalue weighted by Gasteiger charge is 2.23. The number of aryl methyl sites for hydroxylation is 1. The molecule has 3 aromatic heterocycles. The minimum atomic E-state index is 0.875. The molecule has 3 heterocycles. The largest absolute Gasteiger partial charge is 0.454 e. The number of furan rings is 2. The van der Waals surface area contributed by atoms with Gasteiger partial charge in [-0.05, 0) is 60.0 Å². The van der Waals surface area contributed by atoms with Crippen LogP contribution in [0.3, 0.4) is 0 Å². The number of hydrogen-bond donors (Lipinski definition) is 0. The summed E-state index contributed by atoms with van der Waals surface area (Å²) >= 11 is 0. The number of aromatic nitrogens is 1. The van der Waals surface area contributed by atoms with E-state index in [2.05, 4.69) is 121 Å². The lowest BCUT2D eigenvalue weighted by Gasteiger charge is -2.12. The van der Waals surface area contributed by atoms with E-state index in [1.54, 1.807) is 0 Å². The van der Waals surface area contributed by atoms with Crippen molar-refractivity contribution >= 4 is 65.7 Å². The Morgan fingerprint density at radius 2 is 1.23 bits per heavy atom. The van der Waals surface area contributed by atoms with Crippen LogP contribution in [0.2, 0.25) is 0 Å². The monoisotopic (exact) mass is 513 g/mol. The number of para-hydroxylation sites is 2. The van der Waals surface area contributed by atoms with Crippen LogP contribution in [0.4, 0.5) is 0 Å². The second-order valence-corrected chi connectivity index (χ2v) is 10.6. The van der Waals surface area contributed by atoms with E-state index in [0.717, 1.165) is 71.5 Å². The Balaban J connectivity index is 1.53. The van der Waals surface area contributed by atoms with Crippen LogP contribution in [0.5, 0.6) is 0 Å². The summed E-state index contributed by atoms with van der Waals surface area (Å²) in [7, 11) is 0. The van der Waals surface area contributed by atoms with Crippen molar-refractivity contribution in [3.63, 3.8) is 0 Å². The number of fused-ring (bicyclic) bond motifs is 10. The molecule has 0 radical (unpaired) electrons. The maximum absolute atomic E-state index is 6.70. The van der Waals surface area contributed by atoms with Crippen LogP contribution in [0, 0.1) is 6.92 Å². The normalized spacial score (nSPS) is 12.1. The zero-order chi connectivity index (χ0) is 26.4. The van der Waals surface area contributed by atoms with Gasteiger partial charge in [0.05, 0.1) is 16.7 Å². The number of rotatable bonds is 2. The van der Waals surface area contributed by atoms with E-state index in [1.165, 1.54) is 16.5 Å². The second-order valence-electron chi connectivity index (χ2n) is 10.6. The molecule has 0 aliphatic heterocycles. The predicted octanol–water partition coefficient (Wildman–Crippen LogP) is 10.6. The number of hydrogen-bond acceptors (Lipinski definition) is 2. The summed E-state index contributed by atoms with van der Waals surface area (Å²) < 4.78 is 15.7. The van der Waals surface area contributed by atoms with Crippen molar-refractivity contribution in [2.75, 3.05) is 0 Å². The number of nitrogens with zero attached hydrogens (tertiary/aromatic N) is 1. The van der Waals surface area contributed by atoms with Gasteiger partial charge in [0.15, 0.2) is 11.2 Å². The highest BCUT2D eigenvalue weighted by molar-refractivity contribution is 6.22. The summed E-state index contributed by atoms with van der Waals surface area (Å²) in [5.74, 6) is 0. The van der Waals surface area contributed by atoms with E-state index in [4.69, 9.17) is 8.83 Å². The van der Waals surface area contributed by atoms with Gasteiger partial charge >= 0.3 is 0 Å². The Morgan fingerprint density at radius 3 is 2.12 bits per heavy atom. The Labute approximate surface area is 229 Å². The average molecular weight is 514 g/mol. The molecule has 0 spiro atoms. The first kappa shape index (κ1) is 21.6. The van der Waals surface area contributed by atoms with Gasteiger partial charge in [-0.1, -0.05) is 84.9 Å². The molecule has 0 bridgehead atoms. The van der Waals surface area contributed by atoms with E-state index >= 15 is 0 Å². The molecule has 0 N–H and O–H groups in total. The van der Waals surface area contributed by atoms with Crippen molar-refractivity contribution < 1.29 is 8.83 Å². The molecule has 3 nitrogen and oxygen atoms in total. The van der Waals surface area contributed by atoms with Gasteiger partial charge in [0.1, 0.15) is 11.2 Å². The van der Waals surface area contributed by atoms with Crippen LogP contribution in [-0.4, -0.2) is 4.57 Å². The molecule has 0 amide bonds. The Hall–Kier alpha value is -5.28. The predicted molar refractivity (Wildman–Crippen MR) is 166 cm³/mol. The third-order valence-corrected chi connectivity index (χ3v) is 8.31. The summed E-state index contributed by atoms with van der Waals surface area (Å²) in [5.41, 5.74) is 10.3. The van der Waals surface area contributed by atoms with Gasteiger partial charge in [-0.25, -0.2) is 0 Å². The molecular formula is C37H23NO2. The van der Waals surface area contributed by atoms with Crippen molar-refractivity contribution in [2.45, 2.75) is 6.92 Å². The quantitative estimate of drug-likeness (QED) is 0.230. The molecule has 0 aliphatic carbocycles. The van der Waals surface area contributed by atoms with Crippen molar-refractivity contribution in [1.29, 1.82) is 0 Å². The minimum absolute atomic E-state index is 0.875. The van der Waals surface area contributed by atoms with Gasteiger partial charge in [-0.15, -0.1) is 0 Å². The summed E-state index contributed by atoms with van der Waals surface area (Å²) in [6, 6.07) is 42.7. The summed E-state index contributed by atoms with van der Waals surface area (Å²) in [6.45, 7) is 2.16. The van der Waals surface area contributed by atoms with Crippen molar-refractivity contribution in [1.82, 2.24) is 4.57 Å². The molecular weight excluding hydrogens is 490 g/mol. The lowest BCUT2D eigenvalue weighted by molar-refractivity contribution is 0.664. The average Bonchev–Trinajstić information content (AvgIpc) is 3.67. The van der Waals surface area contributed by atoms with Gasteiger partial charge in [0.2, 0.25) is 0 Å². The van der Waals surface area contributed by atoms with Crippen LogP contribution in [0.1, 0.15) is 5.56 Å². The zero-order valence-electron chi connectivity index (χ0n) is 21.8. The van der Waals surface area contributed by atoms with E-state index in [9.17, 15) is 0 Å². The first-order valence-electron chi connectivity index (χ1n) is 13.6. The van der Waals surface area contributed by atoms with Crippen molar-refractivity contribution in [3.8, 4) is 16.8 Å². The van der Waals surface area contributed by atoms with Gasteiger partial charge in [0, 0.05) is 32.3 Å². The summed E-state index contributed by atoms with van der Waals surface area (Å²) in [4.78, 5) is 0. The maximum atomic E-state index is 6.70. The third-order valence-electron chi connectivity index (χ3n) is 8.31. The molecule has 0 saturated heterocycles. The van der Waals surface area contributed by atoms with Gasteiger partial charge < -0.3 is 13.4 Å². The first-order valence-corrected chi connectivity index (χ1v) is 13.6. The van der Waals surface area contributed by atoms with E-state index in [-0.39, 0.29) is 0 Å². The fourth-order valence-corrected chi connectivity index (χ4v) is 6.53. The van der Waals surface area contributed by atoms with Crippen LogP contribution < -0.4 is 0 Å². The highest BCUT2D eigenvalue weighted by atomic mass is 16.3. The molecule has 9 rings (SSSR count). The summed E-state index contributed by atoms with van der Waals surface area (Å²) in [5, 5.41) is 6.86. The van der Waals surface area contributed by atoms with Gasteiger partial charge in [-0.2, -0.15) is 0 Å².